The van der Waals surface area contributed by atoms with Crippen molar-refractivity contribution < 1.29 is 18.7 Å². The molecule has 164 valence electrons. The van der Waals surface area contributed by atoms with Gasteiger partial charge in [0.1, 0.15) is 12.1 Å². The predicted molar refractivity (Wildman–Crippen MR) is 112 cm³/mol. The number of hydrogen-bond donors (Lipinski definition) is 1. The number of aromatic nitrogens is 4. The van der Waals surface area contributed by atoms with Crippen molar-refractivity contribution in [3.63, 3.8) is 0 Å². The Kier molecular flexibility index (Phi) is 8.99. The van der Waals surface area contributed by atoms with Crippen LogP contribution in [0.25, 0.3) is 11.2 Å². The number of terminal acetylenes is 1. The first-order valence-corrected chi connectivity index (χ1v) is 10.3. The molecule has 0 aliphatic carbocycles. The number of nitrogens with zero attached hydrogens (tertiary/aromatic N) is 4. The lowest BCUT2D eigenvalue weighted by molar-refractivity contribution is -0.150. The van der Waals surface area contributed by atoms with E-state index in [-0.39, 0.29) is 24.0 Å². The van der Waals surface area contributed by atoms with Crippen molar-refractivity contribution in [1.29, 1.82) is 0 Å². The van der Waals surface area contributed by atoms with Crippen LogP contribution in [-0.2, 0) is 20.8 Å². The van der Waals surface area contributed by atoms with Gasteiger partial charge in [0.15, 0.2) is 17.1 Å². The minimum atomic E-state index is -1.11. The van der Waals surface area contributed by atoms with Crippen LogP contribution in [0.1, 0.15) is 58.3 Å². The number of carbonyl (C=O) groups excluding carboxylic acids is 1. The monoisotopic (exact) mass is 419 g/mol. The SMILES string of the molecule is C#CC(CCn1cnc2c(N)nc(F)nc21)(COC(=O)CCCCCCCC)OC. The van der Waals surface area contributed by atoms with Crippen LogP contribution in [0.15, 0.2) is 6.33 Å². The smallest absolute Gasteiger partial charge is 0.312 e. The summed E-state index contributed by atoms with van der Waals surface area (Å²) >= 11 is 0. The van der Waals surface area contributed by atoms with Crippen LogP contribution in [0.5, 0.6) is 0 Å². The first-order chi connectivity index (χ1) is 14.4. The molecule has 0 spiro atoms. The van der Waals surface area contributed by atoms with Gasteiger partial charge in [0.25, 0.3) is 0 Å². The number of nitrogens with two attached hydrogens (primary N) is 1. The molecule has 8 nitrogen and oxygen atoms in total. The van der Waals surface area contributed by atoms with E-state index in [0.29, 0.717) is 24.9 Å². The Labute approximate surface area is 176 Å². The Morgan fingerprint density at radius 2 is 2.03 bits per heavy atom. The van der Waals surface area contributed by atoms with Crippen molar-refractivity contribution in [2.75, 3.05) is 19.5 Å². The lowest BCUT2D eigenvalue weighted by Crippen LogP contribution is -2.37. The highest BCUT2D eigenvalue weighted by Gasteiger charge is 2.29. The van der Waals surface area contributed by atoms with Crippen LogP contribution in [0.4, 0.5) is 10.2 Å². The summed E-state index contributed by atoms with van der Waals surface area (Å²) in [5.74, 6) is 2.25. The zero-order valence-electron chi connectivity index (χ0n) is 17.7. The molecular weight excluding hydrogens is 389 g/mol. The highest BCUT2D eigenvalue weighted by molar-refractivity contribution is 5.81. The molecule has 2 rings (SSSR count). The Morgan fingerprint density at radius 3 is 2.73 bits per heavy atom. The number of unbranched alkanes of at least 4 members (excludes halogenated alkanes) is 5. The molecule has 2 aromatic heterocycles. The first kappa shape index (κ1) is 23.5. The highest BCUT2D eigenvalue weighted by atomic mass is 19.1. The number of halogens is 1. The number of nitrogen functional groups attached to an aromatic ring is 1. The number of imidazole rings is 1. The molecule has 0 aromatic carbocycles. The van der Waals surface area contributed by atoms with E-state index in [9.17, 15) is 9.18 Å². The van der Waals surface area contributed by atoms with E-state index in [1.807, 2.05) is 0 Å². The fourth-order valence-electron chi connectivity index (χ4n) is 3.13. The van der Waals surface area contributed by atoms with E-state index in [4.69, 9.17) is 21.6 Å². The van der Waals surface area contributed by atoms with Crippen molar-refractivity contribution in [1.82, 2.24) is 19.5 Å². The van der Waals surface area contributed by atoms with Crippen LogP contribution in [0.2, 0.25) is 0 Å². The predicted octanol–water partition coefficient (Wildman–Crippen LogP) is 3.25. The summed E-state index contributed by atoms with van der Waals surface area (Å²) < 4.78 is 26.0. The normalized spacial score (nSPS) is 13.1. The fourth-order valence-corrected chi connectivity index (χ4v) is 3.13. The Bertz CT molecular complexity index is 879. The topological polar surface area (TPSA) is 105 Å². The number of carbonyl (C=O) groups is 1. The lowest BCUT2D eigenvalue weighted by Gasteiger charge is -2.26. The number of anilines is 1. The van der Waals surface area contributed by atoms with Gasteiger partial charge in [-0.3, -0.25) is 4.79 Å². The van der Waals surface area contributed by atoms with Gasteiger partial charge in [0, 0.05) is 26.5 Å². The number of hydrogen-bond acceptors (Lipinski definition) is 7. The maximum Gasteiger partial charge on any atom is 0.312 e. The van der Waals surface area contributed by atoms with Gasteiger partial charge < -0.3 is 19.8 Å². The van der Waals surface area contributed by atoms with Gasteiger partial charge in [-0.1, -0.05) is 44.9 Å². The Morgan fingerprint density at radius 1 is 1.30 bits per heavy atom. The van der Waals surface area contributed by atoms with E-state index in [1.165, 1.54) is 32.7 Å². The summed E-state index contributed by atoms with van der Waals surface area (Å²) in [4.78, 5) is 23.4. The van der Waals surface area contributed by atoms with E-state index in [2.05, 4.69) is 27.8 Å². The van der Waals surface area contributed by atoms with E-state index < -0.39 is 11.7 Å². The zero-order chi connectivity index (χ0) is 22.0. The van der Waals surface area contributed by atoms with Gasteiger partial charge in [-0.2, -0.15) is 14.4 Å². The zero-order valence-corrected chi connectivity index (χ0v) is 17.7. The molecule has 2 aromatic rings. The van der Waals surface area contributed by atoms with Gasteiger partial charge in [-0.05, 0) is 6.42 Å². The number of aryl methyl sites for hydroxylation is 1. The molecule has 0 fully saturated rings. The van der Waals surface area contributed by atoms with Gasteiger partial charge in [0.05, 0.1) is 6.33 Å². The first-order valence-electron chi connectivity index (χ1n) is 10.3. The molecule has 2 heterocycles. The molecule has 0 radical (unpaired) electrons. The van der Waals surface area contributed by atoms with Crippen molar-refractivity contribution in [2.45, 2.75) is 70.4 Å². The molecule has 0 amide bonds. The highest BCUT2D eigenvalue weighted by Crippen LogP contribution is 2.21. The maximum absolute atomic E-state index is 13.5. The molecule has 0 aliphatic rings. The molecule has 1 unspecified atom stereocenters. The van der Waals surface area contributed by atoms with Gasteiger partial charge in [-0.25, -0.2) is 4.98 Å². The Hall–Kier alpha value is -2.73. The van der Waals surface area contributed by atoms with Crippen LogP contribution in [-0.4, -0.2) is 44.8 Å². The van der Waals surface area contributed by atoms with Crippen LogP contribution >= 0.6 is 0 Å². The second kappa shape index (κ2) is 11.5. The molecule has 30 heavy (non-hydrogen) atoms. The summed E-state index contributed by atoms with van der Waals surface area (Å²) in [7, 11) is 1.47. The average molecular weight is 420 g/mol. The van der Waals surface area contributed by atoms with Crippen LogP contribution in [0.3, 0.4) is 0 Å². The molecule has 9 heteroatoms. The number of fused-ring (bicyclic) bond motifs is 1. The standard InChI is InChI=1S/C21H30FN5O3/c1-4-6-7-8-9-10-11-16(28)30-14-21(5-2,29-3)12-13-27-15-24-17-18(23)25-20(22)26-19(17)27/h2,15H,4,6-14H2,1,3H3,(H2,23,25,26). The number of ether oxygens (including phenoxy) is 2. The Balaban J connectivity index is 1.89. The molecular formula is C21H30FN5O3. The molecule has 0 bridgehead atoms. The van der Waals surface area contributed by atoms with E-state index in [0.717, 1.165) is 19.3 Å². The summed E-state index contributed by atoms with van der Waals surface area (Å²) in [6, 6.07) is 0. The van der Waals surface area contributed by atoms with Crippen molar-refractivity contribution in [3.8, 4) is 12.3 Å². The summed E-state index contributed by atoms with van der Waals surface area (Å²) in [6.07, 6.45) is 13.4. The minimum absolute atomic E-state index is 0.0326. The fraction of sp³-hybridized carbons (Fsp3) is 0.619. The number of methoxy groups -OCH3 is 1. The third-order valence-corrected chi connectivity index (χ3v) is 5.07. The van der Waals surface area contributed by atoms with Crippen molar-refractivity contribution >= 4 is 23.0 Å². The van der Waals surface area contributed by atoms with Crippen LogP contribution < -0.4 is 5.73 Å². The maximum atomic E-state index is 13.5. The van der Waals surface area contributed by atoms with Gasteiger partial charge in [0.2, 0.25) is 0 Å². The van der Waals surface area contributed by atoms with Gasteiger partial charge in [-0.15, -0.1) is 6.42 Å². The van der Waals surface area contributed by atoms with E-state index >= 15 is 0 Å². The molecule has 0 saturated heterocycles. The minimum Gasteiger partial charge on any atom is -0.462 e. The summed E-state index contributed by atoms with van der Waals surface area (Å²) in [5.41, 5.74) is 5.15. The second-order valence-corrected chi connectivity index (χ2v) is 7.26. The third kappa shape index (κ3) is 6.39. The lowest BCUT2D eigenvalue weighted by atomic mass is 10.0. The molecule has 0 aliphatic heterocycles. The molecule has 0 saturated carbocycles. The van der Waals surface area contributed by atoms with Gasteiger partial charge >= 0.3 is 12.0 Å². The quantitative estimate of drug-likeness (QED) is 0.230. The van der Waals surface area contributed by atoms with E-state index in [1.54, 1.807) is 4.57 Å². The van der Waals surface area contributed by atoms with Crippen molar-refractivity contribution in [3.05, 3.63) is 12.4 Å². The number of esters is 1. The number of rotatable bonds is 13. The molecule has 1 atom stereocenters. The second-order valence-electron chi connectivity index (χ2n) is 7.26. The van der Waals surface area contributed by atoms with Crippen molar-refractivity contribution in [2.24, 2.45) is 0 Å². The average Bonchev–Trinajstić information content (AvgIpc) is 3.14. The summed E-state index contributed by atoms with van der Waals surface area (Å²) in [6.45, 7) is 2.42. The largest absolute Gasteiger partial charge is 0.462 e. The molecule has 2 N–H and O–H groups in total. The summed E-state index contributed by atoms with van der Waals surface area (Å²) in [5, 5.41) is 0. The third-order valence-electron chi connectivity index (χ3n) is 5.07. The van der Waals surface area contributed by atoms with Crippen LogP contribution in [0, 0.1) is 18.4 Å².